The molecular formula is C18H19ClF3N4O3-. The fourth-order valence-electron chi connectivity index (χ4n) is 3.71. The van der Waals surface area contributed by atoms with Crippen molar-refractivity contribution in [2.24, 2.45) is 0 Å². The molecule has 1 fully saturated rings. The highest BCUT2D eigenvalue weighted by atomic mass is 35.5. The first-order chi connectivity index (χ1) is 13.6. The summed E-state index contributed by atoms with van der Waals surface area (Å²) in [5.74, 6) is 0.170. The summed E-state index contributed by atoms with van der Waals surface area (Å²) < 4.78 is 39.3. The molecule has 158 valence electrons. The maximum atomic E-state index is 13.2. The van der Waals surface area contributed by atoms with Crippen molar-refractivity contribution in [1.29, 1.82) is 0 Å². The van der Waals surface area contributed by atoms with Crippen LogP contribution >= 0.6 is 11.6 Å². The van der Waals surface area contributed by atoms with Crippen LogP contribution in [0.25, 0.3) is 10.9 Å². The zero-order valence-corrected chi connectivity index (χ0v) is 16.3. The van der Waals surface area contributed by atoms with Crippen LogP contribution in [0, 0.1) is 0 Å². The quantitative estimate of drug-likeness (QED) is 0.801. The molecule has 7 nitrogen and oxygen atoms in total. The molecule has 2 heterocycles. The zero-order valence-electron chi connectivity index (χ0n) is 15.5. The van der Waals surface area contributed by atoms with E-state index in [9.17, 15) is 27.9 Å². The van der Waals surface area contributed by atoms with Gasteiger partial charge in [-0.3, -0.25) is 14.3 Å². The number of amides is 1. The minimum Gasteiger partial charge on any atom is -0.530 e. The molecule has 0 aliphatic carbocycles. The number of fused-ring (bicyclic) bond motifs is 1. The maximum absolute atomic E-state index is 13.2. The number of alkyl halides is 3. The second-order valence-electron chi connectivity index (χ2n) is 7.06. The number of halogens is 4. The molecule has 11 heteroatoms. The van der Waals surface area contributed by atoms with Crippen molar-refractivity contribution >= 4 is 28.6 Å². The van der Waals surface area contributed by atoms with Gasteiger partial charge in [-0.2, -0.15) is 13.2 Å². The molecule has 1 aliphatic heterocycles. The molecule has 2 aromatic rings. The van der Waals surface area contributed by atoms with Crippen molar-refractivity contribution in [1.82, 2.24) is 19.8 Å². The molecule has 1 saturated heterocycles. The van der Waals surface area contributed by atoms with Gasteiger partial charge in [0.25, 0.3) is 5.56 Å². The minimum absolute atomic E-state index is 0.152. The lowest BCUT2D eigenvalue weighted by molar-refractivity contribution is -0.251. The lowest BCUT2D eigenvalue weighted by Gasteiger charge is -2.34. The highest BCUT2D eigenvalue weighted by Gasteiger charge is 2.34. The molecule has 1 unspecified atom stereocenters. The fraction of sp³-hybridized carbons (Fsp3) is 0.500. The van der Waals surface area contributed by atoms with E-state index in [4.69, 9.17) is 11.6 Å². The molecule has 1 amide bonds. The zero-order chi connectivity index (χ0) is 21.3. The predicted octanol–water partition coefficient (Wildman–Crippen LogP) is 2.24. The van der Waals surface area contributed by atoms with Crippen LogP contribution in [0.1, 0.15) is 37.7 Å². The summed E-state index contributed by atoms with van der Waals surface area (Å²) in [4.78, 5) is 29.9. The third-order valence-corrected chi connectivity index (χ3v) is 5.27. The van der Waals surface area contributed by atoms with Crippen molar-refractivity contribution in [2.75, 3.05) is 19.6 Å². The molecular weight excluding hydrogens is 413 g/mol. The Kier molecular flexibility index (Phi) is 6.04. The molecule has 3 rings (SSSR count). The summed E-state index contributed by atoms with van der Waals surface area (Å²) >= 11 is 6.18. The molecule has 0 spiro atoms. The molecule has 0 bridgehead atoms. The van der Waals surface area contributed by atoms with E-state index < -0.39 is 36.5 Å². The van der Waals surface area contributed by atoms with Gasteiger partial charge in [0.15, 0.2) is 0 Å². The first-order valence-corrected chi connectivity index (χ1v) is 9.42. The summed E-state index contributed by atoms with van der Waals surface area (Å²) in [6.07, 6.45) is -5.23. The second-order valence-corrected chi connectivity index (χ2v) is 7.46. The van der Waals surface area contributed by atoms with Gasteiger partial charge in [-0.1, -0.05) is 17.7 Å². The number of piperidine rings is 1. The number of carbonyl (C=O) groups excluding carboxylic acids is 1. The topological polar surface area (TPSA) is 90.3 Å². The van der Waals surface area contributed by atoms with E-state index in [0.29, 0.717) is 18.4 Å². The van der Waals surface area contributed by atoms with Gasteiger partial charge in [0.05, 0.1) is 28.5 Å². The van der Waals surface area contributed by atoms with Crippen LogP contribution in [-0.2, 0) is 0 Å². The number of nitrogens with one attached hydrogen (secondary N) is 1. The van der Waals surface area contributed by atoms with E-state index >= 15 is 0 Å². The highest BCUT2D eigenvalue weighted by molar-refractivity contribution is 6.35. The lowest BCUT2D eigenvalue weighted by Crippen LogP contribution is -2.44. The Labute approximate surface area is 169 Å². The Balaban J connectivity index is 2.01. The average molecular weight is 432 g/mol. The minimum atomic E-state index is -4.29. The summed E-state index contributed by atoms with van der Waals surface area (Å²) in [7, 11) is 0. The Bertz CT molecular complexity index is 971. The maximum Gasteiger partial charge on any atom is 0.401 e. The number of rotatable bonds is 4. The number of carbonyl (C=O) groups is 1. The van der Waals surface area contributed by atoms with Crippen LogP contribution in [0.5, 0.6) is 0 Å². The average Bonchev–Trinajstić information content (AvgIpc) is 2.60. The number of carboxylic acid groups (broad SMARTS) is 1. The highest BCUT2D eigenvalue weighted by Crippen LogP contribution is 2.28. The SMILES string of the molecule is CC(NC(=O)[O-])c1nc2cccc(Cl)c2c(=O)n1C1CCN(CC(F)(F)F)CC1. The van der Waals surface area contributed by atoms with Crippen molar-refractivity contribution in [3.8, 4) is 0 Å². The Morgan fingerprint density at radius 2 is 2.03 bits per heavy atom. The number of likely N-dealkylation sites (tertiary alicyclic amines) is 1. The molecule has 29 heavy (non-hydrogen) atoms. The van der Waals surface area contributed by atoms with Crippen LogP contribution in [0.2, 0.25) is 5.02 Å². The van der Waals surface area contributed by atoms with E-state index in [-0.39, 0.29) is 29.3 Å². The first-order valence-electron chi connectivity index (χ1n) is 9.04. The van der Waals surface area contributed by atoms with Gasteiger partial charge in [-0.15, -0.1) is 0 Å². The number of nitrogens with zero attached hydrogens (tertiary/aromatic N) is 3. The second kappa shape index (κ2) is 8.19. The molecule has 1 aromatic heterocycles. The van der Waals surface area contributed by atoms with Crippen LogP contribution < -0.4 is 16.0 Å². The molecule has 1 aromatic carbocycles. The van der Waals surface area contributed by atoms with Gasteiger partial charge in [0, 0.05) is 19.1 Å². The Hall–Kier alpha value is -2.33. The third kappa shape index (κ3) is 4.81. The molecule has 1 N–H and O–H groups in total. The van der Waals surface area contributed by atoms with E-state index in [0.717, 1.165) is 0 Å². The molecule has 0 radical (unpaired) electrons. The van der Waals surface area contributed by atoms with E-state index in [1.54, 1.807) is 18.2 Å². The van der Waals surface area contributed by atoms with Crippen molar-refractivity contribution in [3.05, 3.63) is 39.4 Å². The Morgan fingerprint density at radius 1 is 1.38 bits per heavy atom. The van der Waals surface area contributed by atoms with Crippen LogP contribution in [0.3, 0.4) is 0 Å². The monoisotopic (exact) mass is 431 g/mol. The smallest absolute Gasteiger partial charge is 0.401 e. The molecule has 1 atom stereocenters. The van der Waals surface area contributed by atoms with Crippen LogP contribution in [0.4, 0.5) is 18.0 Å². The number of aromatic nitrogens is 2. The van der Waals surface area contributed by atoms with Gasteiger partial charge in [-0.25, -0.2) is 4.98 Å². The van der Waals surface area contributed by atoms with Gasteiger partial charge in [0.2, 0.25) is 0 Å². The predicted molar refractivity (Wildman–Crippen MR) is 98.7 cm³/mol. The van der Waals surface area contributed by atoms with Gasteiger partial charge in [-0.05, 0) is 31.9 Å². The number of hydrogen-bond donors (Lipinski definition) is 1. The van der Waals surface area contributed by atoms with Gasteiger partial charge in [0.1, 0.15) is 11.9 Å². The largest absolute Gasteiger partial charge is 0.530 e. The molecule has 1 aliphatic rings. The summed E-state index contributed by atoms with van der Waals surface area (Å²) in [5, 5.41) is 13.5. The van der Waals surface area contributed by atoms with E-state index in [1.165, 1.54) is 16.4 Å². The van der Waals surface area contributed by atoms with Crippen LogP contribution in [0.15, 0.2) is 23.0 Å². The van der Waals surface area contributed by atoms with Gasteiger partial charge < -0.3 is 15.2 Å². The van der Waals surface area contributed by atoms with Crippen molar-refractivity contribution in [2.45, 2.75) is 38.0 Å². The van der Waals surface area contributed by atoms with E-state index in [1.807, 2.05) is 0 Å². The van der Waals surface area contributed by atoms with Gasteiger partial charge >= 0.3 is 6.18 Å². The summed E-state index contributed by atoms with van der Waals surface area (Å²) in [5.41, 5.74) is -0.132. The van der Waals surface area contributed by atoms with Crippen molar-refractivity contribution in [3.63, 3.8) is 0 Å². The number of hydrogen-bond acceptors (Lipinski definition) is 5. The van der Waals surface area contributed by atoms with E-state index in [2.05, 4.69) is 10.3 Å². The Morgan fingerprint density at radius 3 is 2.62 bits per heavy atom. The molecule has 0 saturated carbocycles. The standard InChI is InChI=1S/C18H20ClF3N4O3/c1-10(23-17(28)29)15-24-13-4-2-3-12(19)14(13)16(27)26(15)11-5-7-25(8-6-11)9-18(20,21)22/h2-4,10-11,23H,5-9H2,1H3,(H,28,29)/p-1. The van der Waals surface area contributed by atoms with Crippen LogP contribution in [-0.4, -0.2) is 46.4 Å². The summed E-state index contributed by atoms with van der Waals surface area (Å²) in [6.45, 7) is 0.812. The fourth-order valence-corrected chi connectivity index (χ4v) is 3.96. The third-order valence-electron chi connectivity index (χ3n) is 4.95. The lowest BCUT2D eigenvalue weighted by atomic mass is 10.0. The van der Waals surface area contributed by atoms with Crippen molar-refractivity contribution < 1.29 is 23.1 Å². The normalized spacial score (nSPS) is 17.4. The number of benzene rings is 1. The summed E-state index contributed by atoms with van der Waals surface area (Å²) in [6, 6.07) is 3.47. The first kappa shape index (κ1) is 21.4.